The molecular formula is C10H11IO. The van der Waals surface area contributed by atoms with Crippen molar-refractivity contribution in [2.45, 2.75) is 19.8 Å². The summed E-state index contributed by atoms with van der Waals surface area (Å²) in [5.41, 5.74) is 1.10. The molecule has 0 bridgehead atoms. The third-order valence-corrected chi connectivity index (χ3v) is 2.70. The van der Waals surface area contributed by atoms with Crippen LogP contribution in [-0.4, -0.2) is 5.78 Å². The smallest absolute Gasteiger partial charge is 0.136 e. The standard InChI is InChI=1S/C10H11IO/c1-7(8(2)12)9-3-5-10(11)6-4-9/h3-7H,1-2H3. The maximum absolute atomic E-state index is 11.0. The number of hydrogen-bond acceptors (Lipinski definition) is 1. The van der Waals surface area contributed by atoms with Gasteiger partial charge in [0.25, 0.3) is 0 Å². The van der Waals surface area contributed by atoms with Gasteiger partial charge in [0, 0.05) is 9.49 Å². The average Bonchev–Trinajstić information content (AvgIpc) is 2.04. The van der Waals surface area contributed by atoms with Crippen molar-refractivity contribution in [1.29, 1.82) is 0 Å². The fraction of sp³-hybridized carbons (Fsp3) is 0.300. The molecule has 1 nitrogen and oxygen atoms in total. The highest BCUT2D eigenvalue weighted by Crippen LogP contribution is 2.17. The summed E-state index contributed by atoms with van der Waals surface area (Å²) in [6, 6.07) is 8.06. The van der Waals surface area contributed by atoms with Gasteiger partial charge in [-0.15, -0.1) is 0 Å². The van der Waals surface area contributed by atoms with Gasteiger partial charge in [-0.2, -0.15) is 0 Å². The normalized spacial score (nSPS) is 12.6. The second kappa shape index (κ2) is 4.03. The first-order chi connectivity index (χ1) is 5.61. The zero-order chi connectivity index (χ0) is 9.14. The van der Waals surface area contributed by atoms with Crippen LogP contribution in [0.15, 0.2) is 24.3 Å². The summed E-state index contributed by atoms with van der Waals surface area (Å²) in [4.78, 5) is 11.0. The molecule has 0 aliphatic rings. The second-order valence-electron chi connectivity index (χ2n) is 2.88. The Bertz CT molecular complexity index is 276. The van der Waals surface area contributed by atoms with Crippen molar-refractivity contribution in [3.63, 3.8) is 0 Å². The molecule has 0 radical (unpaired) electrons. The molecule has 0 N–H and O–H groups in total. The predicted octanol–water partition coefficient (Wildman–Crippen LogP) is 2.98. The van der Waals surface area contributed by atoms with Gasteiger partial charge in [-0.3, -0.25) is 4.79 Å². The van der Waals surface area contributed by atoms with E-state index in [1.807, 2.05) is 31.2 Å². The van der Waals surface area contributed by atoms with E-state index in [2.05, 4.69) is 22.6 Å². The van der Waals surface area contributed by atoms with Crippen LogP contribution in [0.1, 0.15) is 25.3 Å². The lowest BCUT2D eigenvalue weighted by Gasteiger charge is -2.06. The van der Waals surface area contributed by atoms with Crippen LogP contribution in [-0.2, 0) is 4.79 Å². The van der Waals surface area contributed by atoms with Crippen molar-refractivity contribution in [2.24, 2.45) is 0 Å². The van der Waals surface area contributed by atoms with Gasteiger partial charge in [-0.1, -0.05) is 19.1 Å². The van der Waals surface area contributed by atoms with E-state index >= 15 is 0 Å². The molecular weight excluding hydrogens is 263 g/mol. The Labute approximate surface area is 86.3 Å². The van der Waals surface area contributed by atoms with Gasteiger partial charge in [-0.05, 0) is 47.2 Å². The SMILES string of the molecule is CC(=O)C(C)c1ccc(I)cc1. The molecule has 0 aliphatic carbocycles. The minimum atomic E-state index is 0.0296. The maximum atomic E-state index is 11.0. The first-order valence-electron chi connectivity index (χ1n) is 3.87. The zero-order valence-electron chi connectivity index (χ0n) is 7.17. The van der Waals surface area contributed by atoms with E-state index in [0.29, 0.717) is 0 Å². The zero-order valence-corrected chi connectivity index (χ0v) is 9.33. The lowest BCUT2D eigenvalue weighted by Crippen LogP contribution is -2.03. The molecule has 1 unspecified atom stereocenters. The Kier molecular flexibility index (Phi) is 3.26. The number of hydrogen-bond donors (Lipinski definition) is 0. The fourth-order valence-corrected chi connectivity index (χ4v) is 1.35. The van der Waals surface area contributed by atoms with Gasteiger partial charge in [0.15, 0.2) is 0 Å². The molecule has 0 aliphatic heterocycles. The van der Waals surface area contributed by atoms with Crippen molar-refractivity contribution in [3.8, 4) is 0 Å². The third kappa shape index (κ3) is 2.30. The summed E-state index contributed by atoms with van der Waals surface area (Å²) < 4.78 is 1.20. The Morgan fingerprint density at radius 2 is 1.83 bits per heavy atom. The summed E-state index contributed by atoms with van der Waals surface area (Å²) >= 11 is 2.25. The number of rotatable bonds is 2. The molecule has 0 saturated carbocycles. The van der Waals surface area contributed by atoms with E-state index in [1.54, 1.807) is 6.92 Å². The van der Waals surface area contributed by atoms with Gasteiger partial charge in [0.05, 0.1) is 0 Å². The average molecular weight is 274 g/mol. The molecule has 1 aromatic rings. The van der Waals surface area contributed by atoms with Gasteiger partial charge in [0.2, 0.25) is 0 Å². The number of carbonyl (C=O) groups excluding carboxylic acids is 1. The topological polar surface area (TPSA) is 17.1 Å². The summed E-state index contributed by atoms with van der Waals surface area (Å²) in [6.07, 6.45) is 0. The molecule has 0 amide bonds. The Balaban J connectivity index is 2.89. The van der Waals surface area contributed by atoms with Crippen molar-refractivity contribution < 1.29 is 4.79 Å². The summed E-state index contributed by atoms with van der Waals surface area (Å²) in [7, 11) is 0. The minimum Gasteiger partial charge on any atom is -0.299 e. The Hall–Kier alpha value is -0.380. The highest BCUT2D eigenvalue weighted by Gasteiger charge is 2.09. The molecule has 1 atom stereocenters. The van der Waals surface area contributed by atoms with E-state index in [0.717, 1.165) is 5.56 Å². The minimum absolute atomic E-state index is 0.0296. The Morgan fingerprint density at radius 1 is 1.33 bits per heavy atom. The highest BCUT2D eigenvalue weighted by molar-refractivity contribution is 14.1. The monoisotopic (exact) mass is 274 g/mol. The van der Waals surface area contributed by atoms with Crippen LogP contribution >= 0.6 is 22.6 Å². The van der Waals surface area contributed by atoms with E-state index in [1.165, 1.54) is 3.57 Å². The summed E-state index contributed by atoms with van der Waals surface area (Å²) in [5, 5.41) is 0. The van der Waals surface area contributed by atoms with Crippen LogP contribution < -0.4 is 0 Å². The molecule has 1 aromatic carbocycles. The van der Waals surface area contributed by atoms with Crippen molar-refractivity contribution in [2.75, 3.05) is 0 Å². The van der Waals surface area contributed by atoms with Gasteiger partial charge >= 0.3 is 0 Å². The van der Waals surface area contributed by atoms with Crippen LogP contribution in [0.4, 0.5) is 0 Å². The van der Waals surface area contributed by atoms with E-state index in [-0.39, 0.29) is 11.7 Å². The van der Waals surface area contributed by atoms with Crippen LogP contribution in [0.25, 0.3) is 0 Å². The fourth-order valence-electron chi connectivity index (χ4n) is 0.986. The number of halogens is 1. The first-order valence-corrected chi connectivity index (χ1v) is 4.95. The molecule has 0 saturated heterocycles. The Morgan fingerprint density at radius 3 is 2.25 bits per heavy atom. The number of carbonyl (C=O) groups is 1. The van der Waals surface area contributed by atoms with Crippen LogP contribution in [0, 0.1) is 3.57 Å². The third-order valence-electron chi connectivity index (χ3n) is 1.98. The first kappa shape index (κ1) is 9.71. The quantitative estimate of drug-likeness (QED) is 0.758. The number of Topliss-reactive ketones (excluding diaryl/α,β-unsaturated/α-hetero) is 1. The molecule has 0 fully saturated rings. The van der Waals surface area contributed by atoms with Crippen molar-refractivity contribution in [3.05, 3.63) is 33.4 Å². The molecule has 2 heteroatoms. The molecule has 12 heavy (non-hydrogen) atoms. The summed E-state index contributed by atoms with van der Waals surface area (Å²) in [6.45, 7) is 3.56. The maximum Gasteiger partial charge on any atom is 0.136 e. The van der Waals surface area contributed by atoms with Crippen LogP contribution in [0.5, 0.6) is 0 Å². The molecule has 0 spiro atoms. The van der Waals surface area contributed by atoms with E-state index in [9.17, 15) is 4.79 Å². The molecule has 0 heterocycles. The number of ketones is 1. The molecule has 1 rings (SSSR count). The highest BCUT2D eigenvalue weighted by atomic mass is 127. The van der Waals surface area contributed by atoms with Crippen molar-refractivity contribution in [1.82, 2.24) is 0 Å². The van der Waals surface area contributed by atoms with Gasteiger partial charge in [-0.25, -0.2) is 0 Å². The lowest BCUT2D eigenvalue weighted by atomic mass is 9.98. The van der Waals surface area contributed by atoms with E-state index < -0.39 is 0 Å². The van der Waals surface area contributed by atoms with E-state index in [4.69, 9.17) is 0 Å². The molecule has 64 valence electrons. The van der Waals surface area contributed by atoms with Crippen LogP contribution in [0.3, 0.4) is 0 Å². The molecule has 0 aromatic heterocycles. The predicted molar refractivity (Wildman–Crippen MR) is 58.3 cm³/mol. The van der Waals surface area contributed by atoms with Gasteiger partial charge in [0.1, 0.15) is 5.78 Å². The summed E-state index contributed by atoms with van der Waals surface area (Å²) in [5.74, 6) is 0.248. The lowest BCUT2D eigenvalue weighted by molar-refractivity contribution is -0.118. The second-order valence-corrected chi connectivity index (χ2v) is 4.13. The largest absolute Gasteiger partial charge is 0.299 e. The van der Waals surface area contributed by atoms with Gasteiger partial charge < -0.3 is 0 Å². The van der Waals surface area contributed by atoms with Crippen molar-refractivity contribution >= 4 is 28.4 Å². The van der Waals surface area contributed by atoms with Crippen LogP contribution in [0.2, 0.25) is 0 Å². The number of benzene rings is 1.